The van der Waals surface area contributed by atoms with Crippen LogP contribution in [0.1, 0.15) is 18.4 Å². The van der Waals surface area contributed by atoms with Gasteiger partial charge in [0.2, 0.25) is 0 Å². The van der Waals surface area contributed by atoms with Crippen LogP contribution in [-0.2, 0) is 11.2 Å². The number of rotatable bonds is 3. The van der Waals surface area contributed by atoms with E-state index in [1.165, 1.54) is 18.0 Å². The van der Waals surface area contributed by atoms with Gasteiger partial charge in [-0.25, -0.2) is 9.78 Å². The SMILES string of the molecule is CC(=O)On1cnnc1Cc1cnc[nH]1. The molecular formula is C8H9N5O2. The van der Waals surface area contributed by atoms with Gasteiger partial charge in [-0.1, -0.05) is 0 Å². The second kappa shape index (κ2) is 3.91. The lowest BCUT2D eigenvalue weighted by Gasteiger charge is -2.02. The first kappa shape index (κ1) is 9.38. The van der Waals surface area contributed by atoms with E-state index in [0.717, 1.165) is 5.69 Å². The summed E-state index contributed by atoms with van der Waals surface area (Å²) in [5.41, 5.74) is 0.872. The fourth-order valence-electron chi connectivity index (χ4n) is 1.13. The number of nitrogens with one attached hydrogen (secondary N) is 1. The highest BCUT2D eigenvalue weighted by Gasteiger charge is 2.08. The average molecular weight is 207 g/mol. The lowest BCUT2D eigenvalue weighted by atomic mass is 10.3. The summed E-state index contributed by atoms with van der Waals surface area (Å²) in [6.07, 6.45) is 5.06. The highest BCUT2D eigenvalue weighted by atomic mass is 16.7. The Bertz CT molecular complexity index is 447. The second-order valence-corrected chi connectivity index (χ2v) is 2.91. The Balaban J connectivity index is 2.14. The Kier molecular flexibility index (Phi) is 2.44. The fourth-order valence-corrected chi connectivity index (χ4v) is 1.13. The first-order valence-electron chi connectivity index (χ1n) is 4.31. The molecule has 0 radical (unpaired) electrons. The highest BCUT2D eigenvalue weighted by molar-refractivity contribution is 5.66. The van der Waals surface area contributed by atoms with Gasteiger partial charge in [0.25, 0.3) is 0 Å². The van der Waals surface area contributed by atoms with Crippen molar-refractivity contribution >= 4 is 5.97 Å². The molecule has 0 spiro atoms. The summed E-state index contributed by atoms with van der Waals surface area (Å²) in [5.74, 6) is 0.120. The second-order valence-electron chi connectivity index (χ2n) is 2.91. The molecule has 0 amide bonds. The summed E-state index contributed by atoms with van der Waals surface area (Å²) in [6, 6.07) is 0. The van der Waals surface area contributed by atoms with Crippen molar-refractivity contribution in [3.63, 3.8) is 0 Å². The van der Waals surface area contributed by atoms with Crippen LogP contribution >= 0.6 is 0 Å². The zero-order valence-electron chi connectivity index (χ0n) is 8.04. The summed E-state index contributed by atoms with van der Waals surface area (Å²) < 4.78 is 1.24. The van der Waals surface area contributed by atoms with Crippen LogP contribution in [0.2, 0.25) is 0 Å². The van der Waals surface area contributed by atoms with E-state index < -0.39 is 5.97 Å². The normalized spacial score (nSPS) is 10.2. The molecule has 2 aromatic rings. The molecule has 0 bridgehead atoms. The van der Waals surface area contributed by atoms with E-state index in [1.54, 1.807) is 12.5 Å². The van der Waals surface area contributed by atoms with Gasteiger partial charge in [0, 0.05) is 18.8 Å². The van der Waals surface area contributed by atoms with Gasteiger partial charge in [-0.2, -0.15) is 0 Å². The first-order chi connectivity index (χ1) is 7.25. The van der Waals surface area contributed by atoms with E-state index in [1.807, 2.05) is 0 Å². The molecule has 0 aromatic carbocycles. The Labute approximate surface area is 85.1 Å². The zero-order chi connectivity index (χ0) is 10.7. The molecule has 0 atom stereocenters. The molecule has 2 aromatic heterocycles. The van der Waals surface area contributed by atoms with Gasteiger partial charge in [0.1, 0.15) is 0 Å². The van der Waals surface area contributed by atoms with E-state index in [-0.39, 0.29) is 0 Å². The number of carbonyl (C=O) groups is 1. The van der Waals surface area contributed by atoms with Gasteiger partial charge in [-0.15, -0.1) is 14.9 Å². The molecule has 2 heterocycles. The maximum Gasteiger partial charge on any atom is 0.329 e. The number of aromatic amines is 1. The number of hydrogen-bond donors (Lipinski definition) is 1. The maximum absolute atomic E-state index is 10.7. The van der Waals surface area contributed by atoms with Gasteiger partial charge in [-0.3, -0.25) is 0 Å². The van der Waals surface area contributed by atoms with Crippen molar-refractivity contribution < 1.29 is 9.63 Å². The van der Waals surface area contributed by atoms with Gasteiger partial charge in [0.05, 0.1) is 12.7 Å². The van der Waals surface area contributed by atoms with Crippen LogP contribution in [0.15, 0.2) is 18.9 Å². The quantitative estimate of drug-likeness (QED) is 0.737. The van der Waals surface area contributed by atoms with Crippen LogP contribution < -0.4 is 4.84 Å². The van der Waals surface area contributed by atoms with Gasteiger partial charge < -0.3 is 9.82 Å². The standard InChI is InChI=1S/C8H9N5O2/c1-6(14)15-13-5-11-12-8(13)2-7-3-9-4-10-7/h3-5H,2H2,1H3,(H,9,10). The van der Waals surface area contributed by atoms with Gasteiger partial charge in [-0.05, 0) is 0 Å². The molecular weight excluding hydrogens is 198 g/mol. The van der Waals surface area contributed by atoms with Crippen molar-refractivity contribution in [2.75, 3.05) is 0 Å². The molecule has 78 valence electrons. The summed E-state index contributed by atoms with van der Waals surface area (Å²) >= 11 is 0. The van der Waals surface area contributed by atoms with E-state index in [9.17, 15) is 4.79 Å². The van der Waals surface area contributed by atoms with E-state index in [4.69, 9.17) is 4.84 Å². The molecule has 0 saturated heterocycles. The van der Waals surface area contributed by atoms with Crippen LogP contribution in [0, 0.1) is 0 Å². The number of imidazole rings is 1. The molecule has 7 nitrogen and oxygen atoms in total. The Hall–Kier alpha value is -2.18. The first-order valence-corrected chi connectivity index (χ1v) is 4.31. The van der Waals surface area contributed by atoms with Crippen molar-refractivity contribution in [2.45, 2.75) is 13.3 Å². The average Bonchev–Trinajstić information content (AvgIpc) is 2.78. The minimum Gasteiger partial charge on any atom is -0.348 e. The third-order valence-electron chi connectivity index (χ3n) is 1.71. The Morgan fingerprint density at radius 3 is 3.20 bits per heavy atom. The van der Waals surface area contributed by atoms with Crippen molar-refractivity contribution in [1.29, 1.82) is 0 Å². The molecule has 0 unspecified atom stereocenters. The topological polar surface area (TPSA) is 85.7 Å². The molecule has 0 aliphatic rings. The number of aromatic nitrogens is 5. The van der Waals surface area contributed by atoms with Gasteiger partial charge in [0.15, 0.2) is 12.2 Å². The lowest BCUT2D eigenvalue weighted by molar-refractivity contribution is -0.141. The number of hydrogen-bond acceptors (Lipinski definition) is 5. The zero-order valence-corrected chi connectivity index (χ0v) is 8.04. The molecule has 15 heavy (non-hydrogen) atoms. The van der Waals surface area contributed by atoms with Crippen LogP contribution in [0.5, 0.6) is 0 Å². The van der Waals surface area contributed by atoms with Crippen LogP contribution in [0.4, 0.5) is 0 Å². The predicted octanol–water partition coefficient (Wildman–Crippen LogP) is -0.433. The van der Waals surface area contributed by atoms with Crippen molar-refractivity contribution in [3.8, 4) is 0 Å². The third-order valence-corrected chi connectivity index (χ3v) is 1.71. The third kappa shape index (κ3) is 2.19. The van der Waals surface area contributed by atoms with E-state index >= 15 is 0 Å². The summed E-state index contributed by atoms with van der Waals surface area (Å²) in [6.45, 7) is 1.32. The summed E-state index contributed by atoms with van der Waals surface area (Å²) in [7, 11) is 0. The highest BCUT2D eigenvalue weighted by Crippen LogP contribution is 2.01. The van der Waals surface area contributed by atoms with Crippen molar-refractivity contribution in [3.05, 3.63) is 30.4 Å². The molecule has 0 aliphatic heterocycles. The molecule has 1 N–H and O–H groups in total. The number of H-pyrrole nitrogens is 1. The van der Waals surface area contributed by atoms with Crippen molar-refractivity contribution in [1.82, 2.24) is 24.9 Å². The molecule has 0 saturated carbocycles. The Morgan fingerprint density at radius 1 is 1.67 bits per heavy atom. The molecule has 7 heteroatoms. The summed E-state index contributed by atoms with van der Waals surface area (Å²) in [4.78, 5) is 22.4. The number of carbonyl (C=O) groups excluding carboxylic acids is 1. The molecule has 0 fully saturated rings. The van der Waals surface area contributed by atoms with Gasteiger partial charge >= 0.3 is 5.97 Å². The Morgan fingerprint density at radius 2 is 2.53 bits per heavy atom. The summed E-state index contributed by atoms with van der Waals surface area (Å²) in [5, 5.41) is 7.49. The fraction of sp³-hybridized carbons (Fsp3) is 0.250. The maximum atomic E-state index is 10.7. The van der Waals surface area contributed by atoms with E-state index in [2.05, 4.69) is 20.2 Å². The van der Waals surface area contributed by atoms with Crippen LogP contribution in [0.3, 0.4) is 0 Å². The minimum atomic E-state index is -0.416. The monoisotopic (exact) mass is 207 g/mol. The number of nitrogens with zero attached hydrogens (tertiary/aromatic N) is 4. The van der Waals surface area contributed by atoms with E-state index in [0.29, 0.717) is 12.2 Å². The smallest absolute Gasteiger partial charge is 0.329 e. The molecule has 2 rings (SSSR count). The van der Waals surface area contributed by atoms with Crippen molar-refractivity contribution in [2.24, 2.45) is 0 Å². The van der Waals surface area contributed by atoms with Crippen LogP contribution in [-0.4, -0.2) is 30.9 Å². The molecule has 0 aliphatic carbocycles. The minimum absolute atomic E-state index is 0.416. The largest absolute Gasteiger partial charge is 0.348 e. The lowest BCUT2D eigenvalue weighted by Crippen LogP contribution is -2.18. The predicted molar refractivity (Wildman–Crippen MR) is 48.7 cm³/mol. The van der Waals surface area contributed by atoms with Crippen LogP contribution in [0.25, 0.3) is 0 Å².